The summed E-state index contributed by atoms with van der Waals surface area (Å²) in [6, 6.07) is 6.95. The second-order valence-corrected chi connectivity index (χ2v) is 9.77. The molecule has 2 N–H and O–H groups in total. The highest BCUT2D eigenvalue weighted by Gasteiger charge is 2.23. The summed E-state index contributed by atoms with van der Waals surface area (Å²) in [5.74, 6) is -2.52. The Balaban J connectivity index is 1.78. The summed E-state index contributed by atoms with van der Waals surface area (Å²) < 4.78 is 53.5. The lowest BCUT2D eigenvalue weighted by molar-refractivity contribution is 0.0940. The van der Waals surface area contributed by atoms with Gasteiger partial charge in [-0.2, -0.15) is 0 Å². The van der Waals surface area contributed by atoms with E-state index in [0.29, 0.717) is 0 Å². The smallest absolute Gasteiger partial charge is 0.269 e. The molecule has 0 saturated heterocycles. The highest BCUT2D eigenvalue weighted by Crippen LogP contribution is 2.30. The minimum Gasteiger partial charge on any atom is -0.274 e. The molecular formula is C21H23ClF2N2O3S. The molecule has 0 atom stereocenters. The van der Waals surface area contributed by atoms with Crippen molar-refractivity contribution >= 4 is 27.5 Å². The summed E-state index contributed by atoms with van der Waals surface area (Å²) in [5, 5.41) is -0.101. The number of hydrogen-bond donors (Lipinski definition) is 2. The Bertz CT molecular complexity index is 1050. The van der Waals surface area contributed by atoms with Crippen LogP contribution in [0.1, 0.15) is 48.0 Å². The van der Waals surface area contributed by atoms with Gasteiger partial charge in [-0.15, -0.1) is 4.83 Å². The maximum absolute atomic E-state index is 14.6. The highest BCUT2D eigenvalue weighted by atomic mass is 35.5. The lowest BCUT2D eigenvalue weighted by Gasteiger charge is -2.21. The monoisotopic (exact) mass is 456 g/mol. The molecular weight excluding hydrogens is 434 g/mol. The number of aryl methyl sites for hydroxylation is 1. The van der Waals surface area contributed by atoms with E-state index in [9.17, 15) is 22.0 Å². The van der Waals surface area contributed by atoms with Gasteiger partial charge in [0.2, 0.25) is 10.0 Å². The molecule has 162 valence electrons. The van der Waals surface area contributed by atoms with E-state index < -0.39 is 33.1 Å². The highest BCUT2D eigenvalue weighted by molar-refractivity contribution is 7.89. The number of hydrazine groups is 1. The fraction of sp³-hybridized carbons (Fsp3) is 0.381. The van der Waals surface area contributed by atoms with E-state index >= 15 is 0 Å². The van der Waals surface area contributed by atoms with Gasteiger partial charge in [0, 0.05) is 5.56 Å². The summed E-state index contributed by atoms with van der Waals surface area (Å²) >= 11 is 5.81. The zero-order valence-electron chi connectivity index (χ0n) is 16.5. The maximum atomic E-state index is 14.6. The first-order valence-electron chi connectivity index (χ1n) is 9.72. The summed E-state index contributed by atoms with van der Waals surface area (Å²) in [6.45, 7) is 1.44. The van der Waals surface area contributed by atoms with Gasteiger partial charge in [0.1, 0.15) is 11.6 Å². The van der Waals surface area contributed by atoms with E-state index in [1.807, 2.05) is 4.83 Å². The van der Waals surface area contributed by atoms with Crippen molar-refractivity contribution < 1.29 is 22.0 Å². The molecule has 1 saturated carbocycles. The molecule has 0 bridgehead atoms. The second kappa shape index (κ2) is 9.41. The number of rotatable bonds is 6. The number of amides is 1. The Morgan fingerprint density at radius 2 is 1.83 bits per heavy atom. The standard InChI is InChI=1S/C21H23ClF2N2O3S/c1-13-10-15(16-8-5-9-18(22)20(16)24)11-17(19(13)23)21(27)25-26-30(28,29)12-14-6-3-2-4-7-14/h5,8-11,14,26H,2-4,6-7,12H2,1H3,(H,25,27). The molecule has 5 nitrogen and oxygen atoms in total. The van der Waals surface area contributed by atoms with Crippen LogP contribution in [-0.4, -0.2) is 20.1 Å². The second-order valence-electron chi connectivity index (χ2n) is 7.60. The molecule has 3 rings (SSSR count). The number of nitrogens with one attached hydrogen (secondary N) is 2. The largest absolute Gasteiger partial charge is 0.274 e. The van der Waals surface area contributed by atoms with E-state index in [4.69, 9.17) is 11.6 Å². The van der Waals surface area contributed by atoms with Crippen LogP contribution < -0.4 is 10.3 Å². The summed E-state index contributed by atoms with van der Waals surface area (Å²) in [6.07, 6.45) is 4.74. The zero-order chi connectivity index (χ0) is 21.9. The minimum atomic E-state index is -3.76. The molecule has 2 aromatic carbocycles. The zero-order valence-corrected chi connectivity index (χ0v) is 18.0. The summed E-state index contributed by atoms with van der Waals surface area (Å²) in [5.41, 5.74) is 2.14. The average molecular weight is 457 g/mol. The number of halogens is 3. The third kappa shape index (κ3) is 5.36. The van der Waals surface area contributed by atoms with Crippen molar-refractivity contribution in [1.29, 1.82) is 0 Å². The molecule has 1 aliphatic carbocycles. The Hall–Kier alpha value is -2.03. The van der Waals surface area contributed by atoms with Gasteiger partial charge in [-0.05, 0) is 55.0 Å². The Morgan fingerprint density at radius 3 is 2.53 bits per heavy atom. The number of benzene rings is 2. The molecule has 0 aliphatic heterocycles. The number of sulfonamides is 1. The van der Waals surface area contributed by atoms with Crippen LogP contribution in [0.25, 0.3) is 11.1 Å². The first kappa shape index (κ1) is 22.7. The van der Waals surface area contributed by atoms with Crippen molar-refractivity contribution in [2.75, 3.05) is 5.75 Å². The van der Waals surface area contributed by atoms with Crippen LogP contribution in [0.4, 0.5) is 8.78 Å². The molecule has 1 amide bonds. The van der Waals surface area contributed by atoms with Crippen molar-refractivity contribution in [3.05, 3.63) is 58.1 Å². The van der Waals surface area contributed by atoms with Crippen molar-refractivity contribution in [3.8, 4) is 11.1 Å². The molecule has 0 unspecified atom stereocenters. The lowest BCUT2D eigenvalue weighted by Crippen LogP contribution is -2.44. The molecule has 0 aromatic heterocycles. The third-order valence-corrected chi connectivity index (χ3v) is 6.88. The van der Waals surface area contributed by atoms with Crippen LogP contribution >= 0.6 is 11.6 Å². The third-order valence-electron chi connectivity index (χ3n) is 5.26. The predicted octanol–water partition coefficient (Wildman–Crippen LogP) is 4.74. The van der Waals surface area contributed by atoms with E-state index in [-0.39, 0.29) is 33.4 Å². The van der Waals surface area contributed by atoms with Crippen molar-refractivity contribution in [3.63, 3.8) is 0 Å². The number of hydrogen-bond acceptors (Lipinski definition) is 3. The maximum Gasteiger partial charge on any atom is 0.269 e. The topological polar surface area (TPSA) is 75.3 Å². The van der Waals surface area contributed by atoms with Crippen molar-refractivity contribution in [1.82, 2.24) is 10.3 Å². The molecule has 0 heterocycles. The summed E-state index contributed by atoms with van der Waals surface area (Å²) in [7, 11) is -3.76. The van der Waals surface area contributed by atoms with Crippen LogP contribution in [0.3, 0.4) is 0 Å². The molecule has 30 heavy (non-hydrogen) atoms. The van der Waals surface area contributed by atoms with Crippen molar-refractivity contribution in [2.24, 2.45) is 5.92 Å². The van der Waals surface area contributed by atoms with E-state index in [2.05, 4.69) is 5.43 Å². The Labute approximate surface area is 179 Å². The van der Waals surface area contributed by atoms with Gasteiger partial charge in [0.25, 0.3) is 5.91 Å². The van der Waals surface area contributed by atoms with Gasteiger partial charge < -0.3 is 0 Å². The number of carbonyl (C=O) groups is 1. The van der Waals surface area contributed by atoms with Gasteiger partial charge in [-0.3, -0.25) is 10.2 Å². The molecule has 9 heteroatoms. The molecule has 0 spiro atoms. The van der Waals surface area contributed by atoms with E-state index in [1.165, 1.54) is 31.2 Å². The van der Waals surface area contributed by atoms with Crippen LogP contribution in [0.5, 0.6) is 0 Å². The van der Waals surface area contributed by atoms with Gasteiger partial charge in [-0.25, -0.2) is 17.2 Å². The van der Waals surface area contributed by atoms with Gasteiger partial charge in [0.05, 0.1) is 16.3 Å². The fourth-order valence-corrected chi connectivity index (χ4v) is 5.17. The number of carbonyl (C=O) groups excluding carboxylic acids is 1. The van der Waals surface area contributed by atoms with Crippen LogP contribution in [-0.2, 0) is 10.0 Å². The van der Waals surface area contributed by atoms with Crippen molar-refractivity contribution in [2.45, 2.75) is 39.0 Å². The predicted molar refractivity (Wildman–Crippen MR) is 113 cm³/mol. The quantitative estimate of drug-likeness (QED) is 0.616. The molecule has 2 aromatic rings. The molecule has 1 aliphatic rings. The molecule has 1 fully saturated rings. The van der Waals surface area contributed by atoms with Crippen LogP contribution in [0.15, 0.2) is 30.3 Å². The summed E-state index contributed by atoms with van der Waals surface area (Å²) in [4.78, 5) is 14.5. The van der Waals surface area contributed by atoms with Gasteiger partial charge in [0.15, 0.2) is 0 Å². The SMILES string of the molecule is Cc1cc(-c2cccc(Cl)c2F)cc(C(=O)NNS(=O)(=O)CC2CCCCC2)c1F. The van der Waals surface area contributed by atoms with Gasteiger partial charge >= 0.3 is 0 Å². The minimum absolute atomic E-state index is 0.0428. The van der Waals surface area contributed by atoms with E-state index in [0.717, 1.165) is 32.1 Å². The fourth-order valence-electron chi connectivity index (χ4n) is 3.71. The van der Waals surface area contributed by atoms with Crippen LogP contribution in [0.2, 0.25) is 5.02 Å². The van der Waals surface area contributed by atoms with Gasteiger partial charge in [-0.1, -0.05) is 43.0 Å². The van der Waals surface area contributed by atoms with Crippen LogP contribution in [0, 0.1) is 24.5 Å². The Morgan fingerprint density at radius 1 is 1.13 bits per heavy atom. The first-order chi connectivity index (χ1) is 14.2. The lowest BCUT2D eigenvalue weighted by atomic mass is 9.91. The molecule has 0 radical (unpaired) electrons. The Kier molecular flexibility index (Phi) is 7.10. The van der Waals surface area contributed by atoms with E-state index in [1.54, 1.807) is 6.07 Å². The average Bonchev–Trinajstić information content (AvgIpc) is 2.71. The normalized spacial score (nSPS) is 15.2. The first-order valence-corrected chi connectivity index (χ1v) is 11.8.